The minimum atomic E-state index is -0.544. The van der Waals surface area contributed by atoms with Crippen molar-refractivity contribution in [1.29, 1.82) is 0 Å². The standard InChI is InChI=1S/C13H7Cl2N3O3S2/c1-17-10-6(14)2-3-7(15)11(10)23-13(17)16-12(19)8-4-5-9(22-8)18(20)21/h2-5H,1H3. The van der Waals surface area contributed by atoms with E-state index in [1.165, 1.54) is 23.5 Å². The lowest BCUT2D eigenvalue weighted by molar-refractivity contribution is -0.380. The highest BCUT2D eigenvalue weighted by Gasteiger charge is 2.16. The van der Waals surface area contributed by atoms with Crippen molar-refractivity contribution < 1.29 is 9.72 Å². The van der Waals surface area contributed by atoms with E-state index in [1.807, 2.05) is 0 Å². The molecule has 0 aliphatic carbocycles. The van der Waals surface area contributed by atoms with Gasteiger partial charge in [0.2, 0.25) is 0 Å². The second-order valence-corrected chi connectivity index (χ2v) is 7.32. The van der Waals surface area contributed by atoms with Crippen LogP contribution in [0.2, 0.25) is 10.0 Å². The summed E-state index contributed by atoms with van der Waals surface area (Å²) in [4.78, 5) is 27.0. The predicted molar refractivity (Wildman–Crippen MR) is 91.7 cm³/mol. The molecule has 0 aliphatic rings. The molecule has 3 rings (SSSR count). The van der Waals surface area contributed by atoms with Gasteiger partial charge in [-0.3, -0.25) is 14.9 Å². The molecule has 118 valence electrons. The van der Waals surface area contributed by atoms with Gasteiger partial charge < -0.3 is 4.57 Å². The lowest BCUT2D eigenvalue weighted by atomic mass is 10.3. The van der Waals surface area contributed by atoms with Crippen molar-refractivity contribution in [1.82, 2.24) is 4.57 Å². The average Bonchev–Trinajstić information content (AvgIpc) is 3.10. The zero-order chi connectivity index (χ0) is 16.7. The van der Waals surface area contributed by atoms with Gasteiger partial charge >= 0.3 is 5.00 Å². The molecule has 0 fully saturated rings. The second-order valence-electron chi connectivity index (χ2n) is 4.46. The van der Waals surface area contributed by atoms with Gasteiger partial charge in [-0.1, -0.05) is 45.9 Å². The molecule has 0 atom stereocenters. The SMILES string of the molecule is Cn1c(=NC(=O)c2ccc([N+](=O)[O-])s2)sc2c(Cl)ccc(Cl)c21. The number of nitrogens with zero attached hydrogens (tertiary/aromatic N) is 3. The molecule has 0 saturated heterocycles. The van der Waals surface area contributed by atoms with Crippen molar-refractivity contribution in [3.63, 3.8) is 0 Å². The molecule has 3 aromatic rings. The van der Waals surface area contributed by atoms with Gasteiger partial charge in [0.1, 0.15) is 4.88 Å². The van der Waals surface area contributed by atoms with Gasteiger partial charge in [0.25, 0.3) is 5.91 Å². The molecular weight excluding hydrogens is 381 g/mol. The van der Waals surface area contributed by atoms with Crippen LogP contribution >= 0.6 is 45.9 Å². The molecule has 0 aliphatic heterocycles. The molecule has 2 aromatic heterocycles. The van der Waals surface area contributed by atoms with E-state index in [2.05, 4.69) is 4.99 Å². The lowest BCUT2D eigenvalue weighted by Gasteiger charge is -1.99. The maximum absolute atomic E-state index is 12.2. The van der Waals surface area contributed by atoms with Crippen LogP contribution in [0.15, 0.2) is 29.3 Å². The minimum Gasteiger partial charge on any atom is -0.318 e. The van der Waals surface area contributed by atoms with Crippen LogP contribution in [0.4, 0.5) is 5.00 Å². The molecule has 0 saturated carbocycles. The fraction of sp³-hybridized carbons (Fsp3) is 0.0769. The number of rotatable bonds is 2. The van der Waals surface area contributed by atoms with Crippen LogP contribution in [0.5, 0.6) is 0 Å². The number of hydrogen-bond donors (Lipinski definition) is 0. The van der Waals surface area contributed by atoms with E-state index in [9.17, 15) is 14.9 Å². The molecule has 0 N–H and O–H groups in total. The Morgan fingerprint density at radius 1 is 1.22 bits per heavy atom. The predicted octanol–water partition coefficient (Wildman–Crippen LogP) is 4.26. The van der Waals surface area contributed by atoms with Crippen LogP contribution in [-0.2, 0) is 7.05 Å². The Balaban J connectivity index is 2.12. The molecule has 2 heterocycles. The summed E-state index contributed by atoms with van der Waals surface area (Å²) in [7, 11) is 1.73. The molecule has 10 heteroatoms. The number of carbonyl (C=O) groups excluding carboxylic acids is 1. The van der Waals surface area contributed by atoms with Crippen LogP contribution in [0.1, 0.15) is 9.67 Å². The van der Waals surface area contributed by atoms with Gasteiger partial charge in [-0.05, 0) is 18.2 Å². The molecule has 0 radical (unpaired) electrons. The summed E-state index contributed by atoms with van der Waals surface area (Å²) in [5, 5.41) is 11.6. The van der Waals surface area contributed by atoms with E-state index < -0.39 is 10.8 Å². The first-order valence-corrected chi connectivity index (χ1v) is 8.54. The largest absolute Gasteiger partial charge is 0.324 e. The number of fused-ring (bicyclic) bond motifs is 1. The third-order valence-electron chi connectivity index (χ3n) is 3.03. The number of thiophene rings is 1. The molecule has 1 aromatic carbocycles. The lowest BCUT2D eigenvalue weighted by Crippen LogP contribution is -2.12. The van der Waals surface area contributed by atoms with E-state index in [4.69, 9.17) is 23.2 Å². The third-order valence-corrected chi connectivity index (χ3v) is 5.95. The smallest absolute Gasteiger partial charge is 0.318 e. The maximum atomic E-state index is 12.2. The quantitative estimate of drug-likeness (QED) is 0.486. The fourth-order valence-electron chi connectivity index (χ4n) is 1.97. The first-order valence-electron chi connectivity index (χ1n) is 6.15. The number of hydrogen-bond acceptors (Lipinski definition) is 5. The van der Waals surface area contributed by atoms with Gasteiger partial charge in [-0.2, -0.15) is 4.99 Å². The summed E-state index contributed by atoms with van der Waals surface area (Å²) < 4.78 is 2.40. The van der Waals surface area contributed by atoms with E-state index in [1.54, 1.807) is 23.7 Å². The van der Waals surface area contributed by atoms with Crippen LogP contribution in [0.3, 0.4) is 0 Å². The Morgan fingerprint density at radius 3 is 2.52 bits per heavy atom. The maximum Gasteiger partial charge on any atom is 0.324 e. The van der Waals surface area contributed by atoms with Crippen molar-refractivity contribution in [3.05, 3.63) is 54.1 Å². The Bertz CT molecular complexity index is 1020. The average molecular weight is 388 g/mol. The first kappa shape index (κ1) is 16.1. The molecule has 23 heavy (non-hydrogen) atoms. The highest BCUT2D eigenvalue weighted by molar-refractivity contribution is 7.18. The number of aromatic nitrogens is 1. The molecule has 1 amide bonds. The topological polar surface area (TPSA) is 77.5 Å². The Kier molecular flexibility index (Phi) is 4.24. The zero-order valence-electron chi connectivity index (χ0n) is 11.4. The Labute approximate surface area is 147 Å². The van der Waals surface area contributed by atoms with Gasteiger partial charge in [-0.25, -0.2) is 0 Å². The molecule has 0 unspecified atom stereocenters. The zero-order valence-corrected chi connectivity index (χ0v) is 14.6. The Morgan fingerprint density at radius 2 is 1.91 bits per heavy atom. The fourth-order valence-corrected chi connectivity index (χ4v) is 4.33. The number of benzene rings is 1. The number of thiazole rings is 1. The summed E-state index contributed by atoms with van der Waals surface area (Å²) in [6.45, 7) is 0. The van der Waals surface area contributed by atoms with Gasteiger partial charge in [0.15, 0.2) is 4.80 Å². The number of aryl methyl sites for hydroxylation is 1. The van der Waals surface area contributed by atoms with E-state index >= 15 is 0 Å². The van der Waals surface area contributed by atoms with Crippen LogP contribution in [-0.4, -0.2) is 15.4 Å². The van der Waals surface area contributed by atoms with Crippen LogP contribution in [0.25, 0.3) is 10.2 Å². The molecular formula is C13H7Cl2N3O3S2. The third kappa shape index (κ3) is 2.90. The summed E-state index contributed by atoms with van der Waals surface area (Å²) in [5.41, 5.74) is 0.688. The molecule has 0 spiro atoms. The number of carbonyl (C=O) groups is 1. The number of halogens is 2. The summed E-state index contributed by atoms with van der Waals surface area (Å²) in [5.74, 6) is -0.544. The molecule has 6 nitrogen and oxygen atoms in total. The van der Waals surface area contributed by atoms with Gasteiger partial charge in [-0.15, -0.1) is 0 Å². The number of amides is 1. The van der Waals surface area contributed by atoms with Crippen molar-refractivity contribution in [2.45, 2.75) is 0 Å². The summed E-state index contributed by atoms with van der Waals surface area (Å²) in [6.07, 6.45) is 0. The normalized spacial score (nSPS) is 12.0. The van der Waals surface area contributed by atoms with Crippen molar-refractivity contribution >= 4 is 67.0 Å². The number of nitro groups is 1. The van der Waals surface area contributed by atoms with Crippen LogP contribution < -0.4 is 4.80 Å². The van der Waals surface area contributed by atoms with Gasteiger partial charge in [0.05, 0.1) is 25.2 Å². The second kappa shape index (κ2) is 6.04. The minimum absolute atomic E-state index is 0.102. The monoisotopic (exact) mass is 387 g/mol. The van der Waals surface area contributed by atoms with E-state index in [0.29, 0.717) is 20.4 Å². The Hall–Kier alpha value is -1.74. The summed E-state index contributed by atoms with van der Waals surface area (Å²) in [6, 6.07) is 6.03. The molecule has 0 bridgehead atoms. The van der Waals surface area contributed by atoms with Crippen LogP contribution in [0, 0.1) is 10.1 Å². The highest BCUT2D eigenvalue weighted by atomic mass is 35.5. The first-order chi connectivity index (χ1) is 10.9. The van der Waals surface area contributed by atoms with E-state index in [0.717, 1.165) is 16.0 Å². The van der Waals surface area contributed by atoms with Crippen molar-refractivity contribution in [2.75, 3.05) is 0 Å². The van der Waals surface area contributed by atoms with E-state index in [-0.39, 0.29) is 9.88 Å². The van der Waals surface area contributed by atoms with Crippen molar-refractivity contribution in [2.24, 2.45) is 12.0 Å². The van der Waals surface area contributed by atoms with Crippen molar-refractivity contribution in [3.8, 4) is 0 Å². The van der Waals surface area contributed by atoms with Gasteiger partial charge in [0, 0.05) is 13.1 Å². The highest BCUT2D eigenvalue weighted by Crippen LogP contribution is 2.31. The summed E-state index contributed by atoms with van der Waals surface area (Å²) >= 11 is 14.3.